The van der Waals surface area contributed by atoms with Gasteiger partial charge in [-0.1, -0.05) is 27.2 Å². The van der Waals surface area contributed by atoms with Gasteiger partial charge in [0.1, 0.15) is 12.2 Å². The summed E-state index contributed by atoms with van der Waals surface area (Å²) in [5, 5.41) is 4.33. The van der Waals surface area contributed by atoms with E-state index < -0.39 is 0 Å². The molecule has 2 N–H and O–H groups in total. The third kappa shape index (κ3) is 3.76. The molecule has 1 aromatic rings. The Labute approximate surface area is 116 Å². The zero-order chi connectivity index (χ0) is 13.8. The molecule has 2 atom stereocenters. The van der Waals surface area contributed by atoms with Gasteiger partial charge >= 0.3 is 0 Å². The average molecular weight is 265 g/mol. The van der Waals surface area contributed by atoms with Crippen LogP contribution in [-0.2, 0) is 13.1 Å². The Hall–Kier alpha value is -0.940. The first-order chi connectivity index (χ1) is 9.10. The van der Waals surface area contributed by atoms with E-state index in [4.69, 9.17) is 5.73 Å². The van der Waals surface area contributed by atoms with Gasteiger partial charge in [0.05, 0.1) is 6.54 Å². The van der Waals surface area contributed by atoms with Crippen molar-refractivity contribution in [3.63, 3.8) is 0 Å². The molecule has 0 saturated carbocycles. The highest BCUT2D eigenvalue weighted by Crippen LogP contribution is 2.19. The molecule has 2 heterocycles. The van der Waals surface area contributed by atoms with Crippen LogP contribution in [0.5, 0.6) is 0 Å². The molecule has 0 bridgehead atoms. The van der Waals surface area contributed by atoms with E-state index >= 15 is 0 Å². The van der Waals surface area contributed by atoms with E-state index in [1.807, 2.05) is 4.68 Å². The van der Waals surface area contributed by atoms with E-state index in [1.54, 1.807) is 6.33 Å². The van der Waals surface area contributed by atoms with Crippen LogP contribution in [0.4, 0.5) is 0 Å². The first-order valence-electron chi connectivity index (χ1n) is 7.44. The number of likely N-dealkylation sites (tertiary alicyclic amines) is 1. The quantitative estimate of drug-likeness (QED) is 0.876. The monoisotopic (exact) mass is 265 g/mol. The second-order valence-corrected chi connectivity index (χ2v) is 6.11. The Kier molecular flexibility index (Phi) is 4.93. The zero-order valence-corrected chi connectivity index (χ0v) is 12.4. The molecule has 2 unspecified atom stereocenters. The molecule has 1 aromatic heterocycles. The van der Waals surface area contributed by atoms with Gasteiger partial charge in [0.2, 0.25) is 0 Å². The lowest BCUT2D eigenvalue weighted by atomic mass is 9.91. The molecule has 0 spiro atoms. The normalized spacial score (nSPS) is 25.1. The summed E-state index contributed by atoms with van der Waals surface area (Å²) in [6, 6.07) is 0.370. The highest BCUT2D eigenvalue weighted by Gasteiger charge is 2.26. The van der Waals surface area contributed by atoms with Gasteiger partial charge in [-0.3, -0.25) is 4.90 Å². The molecule has 1 fully saturated rings. The molecular formula is C14H27N5. The summed E-state index contributed by atoms with van der Waals surface area (Å²) in [5.41, 5.74) is 6.16. The summed E-state index contributed by atoms with van der Waals surface area (Å²) in [6.45, 7) is 10.7. The number of piperidine rings is 1. The van der Waals surface area contributed by atoms with Crippen LogP contribution in [0.25, 0.3) is 0 Å². The Morgan fingerprint density at radius 1 is 1.47 bits per heavy atom. The van der Waals surface area contributed by atoms with Crippen molar-refractivity contribution in [2.24, 2.45) is 17.6 Å². The molecule has 0 amide bonds. The van der Waals surface area contributed by atoms with Crippen LogP contribution in [0.15, 0.2) is 6.33 Å². The van der Waals surface area contributed by atoms with E-state index in [-0.39, 0.29) is 0 Å². The highest BCUT2D eigenvalue weighted by atomic mass is 15.3. The predicted octanol–water partition coefficient (Wildman–Crippen LogP) is 1.49. The Balaban J connectivity index is 1.96. The molecule has 1 saturated heterocycles. The van der Waals surface area contributed by atoms with Crippen LogP contribution in [0.3, 0.4) is 0 Å². The van der Waals surface area contributed by atoms with Gasteiger partial charge in [-0.05, 0) is 18.3 Å². The lowest BCUT2D eigenvalue weighted by molar-refractivity contribution is 0.140. The van der Waals surface area contributed by atoms with Gasteiger partial charge in [-0.25, -0.2) is 9.67 Å². The highest BCUT2D eigenvalue weighted by molar-refractivity contribution is 4.89. The lowest BCUT2D eigenvalue weighted by Gasteiger charge is -2.36. The molecular weight excluding hydrogens is 238 g/mol. The third-order valence-corrected chi connectivity index (χ3v) is 4.00. The lowest BCUT2D eigenvalue weighted by Crippen LogP contribution is -2.46. The minimum Gasteiger partial charge on any atom is -0.327 e. The number of aromatic nitrogens is 3. The fourth-order valence-corrected chi connectivity index (χ4v) is 2.81. The number of nitrogens with two attached hydrogens (primary N) is 1. The number of hydrogen-bond donors (Lipinski definition) is 1. The third-order valence-electron chi connectivity index (χ3n) is 4.00. The van der Waals surface area contributed by atoms with Crippen molar-refractivity contribution in [2.45, 2.75) is 52.7 Å². The maximum Gasteiger partial charge on any atom is 0.141 e. The van der Waals surface area contributed by atoms with Gasteiger partial charge in [0.25, 0.3) is 0 Å². The van der Waals surface area contributed by atoms with Gasteiger partial charge in [0.15, 0.2) is 0 Å². The summed E-state index contributed by atoms with van der Waals surface area (Å²) < 4.78 is 2.04. The molecule has 2 rings (SSSR count). The van der Waals surface area contributed by atoms with Crippen LogP contribution in [0.1, 0.15) is 39.4 Å². The van der Waals surface area contributed by atoms with Crippen molar-refractivity contribution in [3.05, 3.63) is 12.2 Å². The predicted molar refractivity (Wildman–Crippen MR) is 76.5 cm³/mol. The summed E-state index contributed by atoms with van der Waals surface area (Å²) in [6.07, 6.45) is 3.93. The van der Waals surface area contributed by atoms with Gasteiger partial charge in [-0.15, -0.1) is 0 Å². The summed E-state index contributed by atoms with van der Waals surface area (Å²) in [7, 11) is 0. The van der Waals surface area contributed by atoms with Crippen LogP contribution < -0.4 is 5.73 Å². The molecule has 5 heteroatoms. The Morgan fingerprint density at radius 3 is 2.95 bits per heavy atom. The zero-order valence-electron chi connectivity index (χ0n) is 12.4. The molecule has 0 aliphatic carbocycles. The first-order valence-corrected chi connectivity index (χ1v) is 7.44. The molecule has 5 nitrogen and oxygen atoms in total. The first kappa shape index (κ1) is 14.5. The average Bonchev–Trinajstić information content (AvgIpc) is 2.78. The summed E-state index contributed by atoms with van der Waals surface area (Å²) in [4.78, 5) is 6.88. The van der Waals surface area contributed by atoms with Crippen molar-refractivity contribution < 1.29 is 0 Å². The van der Waals surface area contributed by atoms with Crippen molar-refractivity contribution in [2.75, 3.05) is 13.1 Å². The van der Waals surface area contributed by atoms with Crippen molar-refractivity contribution in [1.82, 2.24) is 19.7 Å². The SMILES string of the molecule is CCC1CN(Cc2ncnn2CC(C)C)CCC1N. The van der Waals surface area contributed by atoms with Crippen LogP contribution >= 0.6 is 0 Å². The smallest absolute Gasteiger partial charge is 0.141 e. The summed E-state index contributed by atoms with van der Waals surface area (Å²) in [5.74, 6) is 2.30. The second kappa shape index (κ2) is 6.48. The second-order valence-electron chi connectivity index (χ2n) is 6.11. The van der Waals surface area contributed by atoms with Crippen LogP contribution in [-0.4, -0.2) is 38.8 Å². The molecule has 0 aromatic carbocycles. The number of rotatable bonds is 5. The molecule has 108 valence electrons. The van der Waals surface area contributed by atoms with Crippen LogP contribution in [0.2, 0.25) is 0 Å². The maximum absolute atomic E-state index is 6.16. The van der Waals surface area contributed by atoms with E-state index in [1.165, 1.54) is 0 Å². The number of nitrogens with zero attached hydrogens (tertiary/aromatic N) is 4. The number of hydrogen-bond acceptors (Lipinski definition) is 4. The van der Waals surface area contributed by atoms with Gasteiger partial charge < -0.3 is 5.73 Å². The topological polar surface area (TPSA) is 60.0 Å². The largest absolute Gasteiger partial charge is 0.327 e. The standard InChI is InChI=1S/C14H27N5/c1-4-12-8-18(6-5-13(12)15)9-14-16-10-17-19(14)7-11(2)3/h10-13H,4-9,15H2,1-3H3. The van der Waals surface area contributed by atoms with E-state index in [2.05, 4.69) is 35.8 Å². The van der Waals surface area contributed by atoms with Gasteiger partial charge in [-0.2, -0.15) is 5.10 Å². The van der Waals surface area contributed by atoms with Crippen molar-refractivity contribution >= 4 is 0 Å². The van der Waals surface area contributed by atoms with Crippen molar-refractivity contribution in [3.8, 4) is 0 Å². The Bertz CT molecular complexity index is 387. The van der Waals surface area contributed by atoms with E-state index in [0.717, 1.165) is 44.8 Å². The molecule has 1 aliphatic rings. The molecule has 19 heavy (non-hydrogen) atoms. The molecule has 0 radical (unpaired) electrons. The fraction of sp³-hybridized carbons (Fsp3) is 0.857. The van der Waals surface area contributed by atoms with E-state index in [0.29, 0.717) is 17.9 Å². The minimum atomic E-state index is 0.370. The summed E-state index contributed by atoms with van der Waals surface area (Å²) >= 11 is 0. The van der Waals surface area contributed by atoms with Crippen molar-refractivity contribution in [1.29, 1.82) is 0 Å². The minimum absolute atomic E-state index is 0.370. The van der Waals surface area contributed by atoms with E-state index in [9.17, 15) is 0 Å². The van der Waals surface area contributed by atoms with Gasteiger partial charge in [0, 0.05) is 25.7 Å². The molecule has 1 aliphatic heterocycles. The fourth-order valence-electron chi connectivity index (χ4n) is 2.81. The Morgan fingerprint density at radius 2 is 2.26 bits per heavy atom. The maximum atomic E-state index is 6.16. The van der Waals surface area contributed by atoms with Crippen LogP contribution in [0, 0.1) is 11.8 Å².